The Labute approximate surface area is 212 Å². The minimum atomic E-state index is -0.936. The van der Waals surface area contributed by atoms with E-state index in [9.17, 15) is 14.3 Å². The SMILES string of the molecule is Cc1sc2c(c1C)C(c1ccc(NCc3ccc(F)cc3)cc1)=N[C@@H](C(C)C(=O)O)c1nnc(C)n1-2. The van der Waals surface area contributed by atoms with Crippen LogP contribution in [0.2, 0.25) is 0 Å². The van der Waals surface area contributed by atoms with E-state index in [1.54, 1.807) is 30.4 Å². The van der Waals surface area contributed by atoms with Gasteiger partial charge in [-0.2, -0.15) is 0 Å². The summed E-state index contributed by atoms with van der Waals surface area (Å²) in [5.41, 5.74) is 5.62. The maximum absolute atomic E-state index is 13.2. The van der Waals surface area contributed by atoms with Gasteiger partial charge in [0, 0.05) is 28.2 Å². The summed E-state index contributed by atoms with van der Waals surface area (Å²) >= 11 is 1.64. The van der Waals surface area contributed by atoms with Crippen molar-refractivity contribution in [3.05, 3.63) is 93.1 Å². The summed E-state index contributed by atoms with van der Waals surface area (Å²) in [6.07, 6.45) is 0. The van der Waals surface area contributed by atoms with Gasteiger partial charge in [-0.25, -0.2) is 4.39 Å². The van der Waals surface area contributed by atoms with Gasteiger partial charge in [-0.3, -0.25) is 14.4 Å². The number of rotatable bonds is 6. The number of hydrogen-bond donors (Lipinski definition) is 2. The molecule has 2 N–H and O–H groups in total. The molecule has 0 saturated carbocycles. The zero-order valence-electron chi connectivity index (χ0n) is 20.4. The minimum absolute atomic E-state index is 0.256. The van der Waals surface area contributed by atoms with Crippen LogP contribution in [0.4, 0.5) is 10.1 Å². The number of carbonyl (C=O) groups is 1. The minimum Gasteiger partial charge on any atom is -0.481 e. The molecular weight excluding hydrogens is 477 g/mol. The van der Waals surface area contributed by atoms with Gasteiger partial charge in [0.25, 0.3) is 0 Å². The Bertz CT molecular complexity index is 1470. The van der Waals surface area contributed by atoms with Crippen LogP contribution in [-0.4, -0.2) is 31.6 Å². The molecule has 0 aliphatic carbocycles. The van der Waals surface area contributed by atoms with E-state index in [1.165, 1.54) is 12.1 Å². The van der Waals surface area contributed by atoms with Crippen LogP contribution in [0.25, 0.3) is 5.00 Å². The Kier molecular flexibility index (Phi) is 6.17. The number of hydrogen-bond acceptors (Lipinski definition) is 6. The van der Waals surface area contributed by atoms with Crippen LogP contribution < -0.4 is 5.32 Å². The highest BCUT2D eigenvalue weighted by Crippen LogP contribution is 2.40. The van der Waals surface area contributed by atoms with E-state index in [1.807, 2.05) is 35.8 Å². The lowest BCUT2D eigenvalue weighted by Crippen LogP contribution is -2.21. The number of thiophene rings is 1. The molecule has 3 heterocycles. The summed E-state index contributed by atoms with van der Waals surface area (Å²) in [6.45, 7) is 8.24. The Balaban J connectivity index is 1.56. The molecule has 9 heteroatoms. The Morgan fingerprint density at radius 3 is 2.47 bits per heavy atom. The molecule has 7 nitrogen and oxygen atoms in total. The van der Waals surface area contributed by atoms with Crippen LogP contribution in [0.5, 0.6) is 0 Å². The van der Waals surface area contributed by atoms with E-state index in [0.717, 1.165) is 43.5 Å². The van der Waals surface area contributed by atoms with Crippen LogP contribution in [0.15, 0.2) is 53.5 Å². The van der Waals surface area contributed by atoms with Gasteiger partial charge in [-0.05, 0) is 63.1 Å². The quantitative estimate of drug-likeness (QED) is 0.356. The molecule has 184 valence electrons. The molecule has 5 rings (SSSR count). The van der Waals surface area contributed by atoms with Crippen molar-refractivity contribution >= 4 is 28.7 Å². The maximum atomic E-state index is 13.2. The maximum Gasteiger partial charge on any atom is 0.308 e. The van der Waals surface area contributed by atoms with E-state index in [-0.39, 0.29) is 5.82 Å². The molecule has 2 aromatic heterocycles. The predicted octanol–water partition coefficient (Wildman–Crippen LogP) is 5.62. The van der Waals surface area contributed by atoms with E-state index in [0.29, 0.717) is 18.2 Å². The number of nitrogens with zero attached hydrogens (tertiary/aromatic N) is 4. The number of halogens is 1. The van der Waals surface area contributed by atoms with Gasteiger partial charge in [0.15, 0.2) is 5.82 Å². The lowest BCUT2D eigenvalue weighted by Gasteiger charge is -2.16. The fraction of sp³-hybridized carbons (Fsp3) is 0.259. The van der Waals surface area contributed by atoms with Gasteiger partial charge >= 0.3 is 5.97 Å². The number of anilines is 1. The van der Waals surface area contributed by atoms with Crippen molar-refractivity contribution in [3.8, 4) is 5.00 Å². The molecule has 0 amide bonds. The van der Waals surface area contributed by atoms with E-state index < -0.39 is 17.9 Å². The lowest BCUT2D eigenvalue weighted by atomic mass is 9.98. The van der Waals surface area contributed by atoms with E-state index in [2.05, 4.69) is 29.4 Å². The molecule has 1 aliphatic heterocycles. The molecule has 36 heavy (non-hydrogen) atoms. The highest BCUT2D eigenvalue weighted by Gasteiger charge is 2.36. The van der Waals surface area contributed by atoms with E-state index in [4.69, 9.17) is 4.99 Å². The summed E-state index contributed by atoms with van der Waals surface area (Å²) in [5.74, 6) is -0.735. The molecule has 0 radical (unpaired) electrons. The fourth-order valence-corrected chi connectivity index (χ4v) is 5.58. The molecule has 0 saturated heterocycles. The van der Waals surface area contributed by atoms with Gasteiger partial charge in [-0.1, -0.05) is 24.3 Å². The van der Waals surface area contributed by atoms with Gasteiger partial charge < -0.3 is 10.4 Å². The average molecular weight is 504 g/mol. The summed E-state index contributed by atoms with van der Waals surface area (Å²) < 4.78 is 15.1. The third kappa shape index (κ3) is 4.19. The van der Waals surface area contributed by atoms with Crippen molar-refractivity contribution in [3.63, 3.8) is 0 Å². The molecule has 1 aliphatic rings. The Hall–Kier alpha value is -3.85. The number of fused-ring (bicyclic) bond motifs is 3. The van der Waals surface area contributed by atoms with E-state index >= 15 is 0 Å². The molecule has 0 spiro atoms. The van der Waals surface area contributed by atoms with Crippen molar-refractivity contribution < 1.29 is 14.3 Å². The number of aliphatic carboxylic acids is 1. The number of carboxylic acids is 1. The van der Waals surface area contributed by atoms with Crippen LogP contribution in [-0.2, 0) is 11.3 Å². The monoisotopic (exact) mass is 503 g/mol. The summed E-state index contributed by atoms with van der Waals surface area (Å²) in [7, 11) is 0. The second-order valence-electron chi connectivity index (χ2n) is 9.01. The van der Waals surface area contributed by atoms with Crippen LogP contribution in [0.3, 0.4) is 0 Å². The topological polar surface area (TPSA) is 92.4 Å². The zero-order valence-corrected chi connectivity index (χ0v) is 21.2. The van der Waals surface area contributed by atoms with Crippen LogP contribution in [0.1, 0.15) is 51.7 Å². The second kappa shape index (κ2) is 9.31. The van der Waals surface area contributed by atoms with Gasteiger partial charge in [0.05, 0.1) is 11.6 Å². The standard InChI is InChI=1S/C27H26FN5O2S/c1-14-16(3)36-26-22(14)24(30-23(15(2)27(34)35)25-32-31-17(4)33(25)26)19-7-11-21(12-8-19)29-13-18-5-9-20(28)10-6-18/h5-12,15,23,29H,13H2,1-4H3,(H,34,35)/t15?,23-/m0/s1. The number of aromatic nitrogens is 3. The lowest BCUT2D eigenvalue weighted by molar-refractivity contribution is -0.141. The van der Waals surface area contributed by atoms with Crippen molar-refractivity contribution in [1.29, 1.82) is 0 Å². The largest absolute Gasteiger partial charge is 0.481 e. The van der Waals surface area contributed by atoms with Crippen LogP contribution in [0, 0.1) is 32.5 Å². The Morgan fingerprint density at radius 1 is 1.11 bits per heavy atom. The third-order valence-electron chi connectivity index (χ3n) is 6.62. The average Bonchev–Trinajstić information content (AvgIpc) is 3.33. The van der Waals surface area contributed by atoms with Crippen molar-refractivity contribution in [2.45, 2.75) is 40.3 Å². The molecule has 4 aromatic rings. The first-order chi connectivity index (χ1) is 17.2. The zero-order chi connectivity index (χ0) is 25.6. The molecule has 0 bridgehead atoms. The summed E-state index contributed by atoms with van der Waals surface area (Å²) in [6, 6.07) is 13.6. The third-order valence-corrected chi connectivity index (χ3v) is 7.81. The fourth-order valence-electron chi connectivity index (χ4n) is 4.37. The van der Waals surface area contributed by atoms with Crippen molar-refractivity contribution in [1.82, 2.24) is 14.8 Å². The first-order valence-electron chi connectivity index (χ1n) is 11.7. The first kappa shape index (κ1) is 23.9. The normalized spacial score (nSPS) is 15.5. The molecule has 2 atom stereocenters. The summed E-state index contributed by atoms with van der Waals surface area (Å²) in [5, 5.41) is 22.8. The molecule has 0 fully saturated rings. The number of carboxylic acid groups (broad SMARTS) is 1. The second-order valence-corrected chi connectivity index (χ2v) is 10.2. The molecule has 1 unspecified atom stereocenters. The highest BCUT2D eigenvalue weighted by atomic mass is 32.1. The molecular formula is C27H26FN5O2S. The number of benzene rings is 2. The Morgan fingerprint density at radius 2 is 1.81 bits per heavy atom. The van der Waals surface area contributed by atoms with Gasteiger partial charge in [0.2, 0.25) is 0 Å². The number of aliphatic imine (C=N–C) groups is 1. The van der Waals surface area contributed by atoms with Gasteiger partial charge in [0.1, 0.15) is 22.7 Å². The highest BCUT2D eigenvalue weighted by molar-refractivity contribution is 7.15. The smallest absolute Gasteiger partial charge is 0.308 e. The predicted molar refractivity (Wildman–Crippen MR) is 139 cm³/mol. The molecule has 2 aromatic carbocycles. The van der Waals surface area contributed by atoms with Crippen molar-refractivity contribution in [2.24, 2.45) is 10.9 Å². The first-order valence-corrected chi connectivity index (χ1v) is 12.5. The number of nitrogens with one attached hydrogen (secondary N) is 1. The van der Waals surface area contributed by atoms with Crippen LogP contribution >= 0.6 is 11.3 Å². The van der Waals surface area contributed by atoms with Crippen molar-refractivity contribution in [2.75, 3.05) is 5.32 Å². The van der Waals surface area contributed by atoms with Gasteiger partial charge in [-0.15, -0.1) is 21.5 Å². The number of aryl methyl sites for hydroxylation is 2. The summed E-state index contributed by atoms with van der Waals surface area (Å²) in [4.78, 5) is 18.2.